The van der Waals surface area contributed by atoms with E-state index in [0.717, 1.165) is 9.87 Å². The molecule has 2 rings (SSSR count). The van der Waals surface area contributed by atoms with E-state index in [4.69, 9.17) is 0 Å². The molecule has 128 valence electrons. The number of amides is 1. The predicted molar refractivity (Wildman–Crippen MR) is 95.8 cm³/mol. The lowest BCUT2D eigenvalue weighted by molar-refractivity contribution is 0.102. The molecule has 0 saturated carbocycles. The van der Waals surface area contributed by atoms with Gasteiger partial charge in [0.05, 0.1) is 4.90 Å². The van der Waals surface area contributed by atoms with Crippen molar-refractivity contribution >= 4 is 21.6 Å². The molecule has 2 aromatic carbocycles. The normalized spacial score (nSPS) is 11.8. The van der Waals surface area contributed by atoms with Gasteiger partial charge in [-0.3, -0.25) is 4.79 Å². The summed E-state index contributed by atoms with van der Waals surface area (Å²) in [6.07, 6.45) is 0. The van der Waals surface area contributed by atoms with Crippen molar-refractivity contribution in [2.24, 2.45) is 0 Å². The van der Waals surface area contributed by atoms with Crippen LogP contribution in [0.1, 0.15) is 35.7 Å². The van der Waals surface area contributed by atoms with E-state index in [-0.39, 0.29) is 10.8 Å². The van der Waals surface area contributed by atoms with Gasteiger partial charge < -0.3 is 5.32 Å². The Labute approximate surface area is 143 Å². The molecule has 0 spiro atoms. The maximum absolute atomic E-state index is 12.3. The van der Waals surface area contributed by atoms with Gasteiger partial charge in [-0.15, -0.1) is 0 Å². The van der Waals surface area contributed by atoms with Crippen molar-refractivity contribution in [2.45, 2.75) is 24.7 Å². The van der Waals surface area contributed by atoms with Crippen molar-refractivity contribution in [2.75, 3.05) is 19.4 Å². The van der Waals surface area contributed by atoms with Gasteiger partial charge in [0.15, 0.2) is 0 Å². The Morgan fingerprint density at radius 3 is 2.21 bits per heavy atom. The molecule has 24 heavy (non-hydrogen) atoms. The minimum absolute atomic E-state index is 0.139. The van der Waals surface area contributed by atoms with Gasteiger partial charge in [0, 0.05) is 25.3 Å². The number of nitrogens with one attached hydrogen (secondary N) is 1. The van der Waals surface area contributed by atoms with Gasteiger partial charge in [-0.05, 0) is 41.8 Å². The summed E-state index contributed by atoms with van der Waals surface area (Å²) in [5.41, 5.74) is 2.13. The fourth-order valence-electron chi connectivity index (χ4n) is 2.17. The molecule has 1 N–H and O–H groups in total. The summed E-state index contributed by atoms with van der Waals surface area (Å²) in [5, 5.41) is 2.74. The molecule has 0 heterocycles. The monoisotopic (exact) mass is 346 g/mol. The standard InChI is InChI=1S/C18H22N2O3S/c1-13(2)14-8-10-15(11-9-14)18(21)19-16-6-5-7-17(12-16)24(22,23)20(3)4/h5-13H,1-4H3,(H,19,21). The average molecular weight is 346 g/mol. The molecule has 0 unspecified atom stereocenters. The first kappa shape index (κ1) is 18.2. The van der Waals surface area contributed by atoms with E-state index in [9.17, 15) is 13.2 Å². The molecule has 0 atom stereocenters. The molecular weight excluding hydrogens is 324 g/mol. The third-order valence-electron chi connectivity index (χ3n) is 3.71. The van der Waals surface area contributed by atoms with Crippen molar-refractivity contribution in [3.63, 3.8) is 0 Å². The molecule has 0 radical (unpaired) electrons. The SMILES string of the molecule is CC(C)c1ccc(C(=O)Nc2cccc(S(=O)(=O)N(C)C)c2)cc1. The van der Waals surface area contributed by atoms with Gasteiger partial charge in [-0.1, -0.05) is 32.0 Å². The van der Waals surface area contributed by atoms with E-state index < -0.39 is 10.0 Å². The van der Waals surface area contributed by atoms with Gasteiger partial charge in [-0.2, -0.15) is 0 Å². The van der Waals surface area contributed by atoms with Crippen molar-refractivity contribution < 1.29 is 13.2 Å². The van der Waals surface area contributed by atoms with E-state index in [1.54, 1.807) is 24.3 Å². The largest absolute Gasteiger partial charge is 0.322 e. The Morgan fingerprint density at radius 1 is 1.04 bits per heavy atom. The molecule has 0 bridgehead atoms. The number of carbonyl (C=O) groups is 1. The molecule has 0 aromatic heterocycles. The number of benzene rings is 2. The predicted octanol–water partition coefficient (Wildman–Crippen LogP) is 3.31. The van der Waals surface area contributed by atoms with E-state index in [2.05, 4.69) is 19.2 Å². The highest BCUT2D eigenvalue weighted by Crippen LogP contribution is 2.19. The smallest absolute Gasteiger partial charge is 0.255 e. The van der Waals surface area contributed by atoms with Crippen molar-refractivity contribution in [1.29, 1.82) is 0 Å². The van der Waals surface area contributed by atoms with Gasteiger partial charge >= 0.3 is 0 Å². The maximum Gasteiger partial charge on any atom is 0.255 e. The Morgan fingerprint density at radius 2 is 1.67 bits per heavy atom. The van der Waals surface area contributed by atoms with Crippen LogP contribution in [0.15, 0.2) is 53.4 Å². The van der Waals surface area contributed by atoms with Crippen LogP contribution in [0.25, 0.3) is 0 Å². The van der Waals surface area contributed by atoms with Crippen LogP contribution < -0.4 is 5.32 Å². The number of anilines is 1. The van der Waals surface area contributed by atoms with E-state index >= 15 is 0 Å². The Balaban J connectivity index is 2.21. The lowest BCUT2D eigenvalue weighted by Gasteiger charge is -2.13. The summed E-state index contributed by atoms with van der Waals surface area (Å²) in [5.74, 6) is 0.125. The minimum atomic E-state index is -3.53. The number of hydrogen-bond donors (Lipinski definition) is 1. The Bertz CT molecular complexity index is 826. The first-order valence-corrected chi connectivity index (χ1v) is 9.09. The number of nitrogens with zero attached hydrogens (tertiary/aromatic N) is 1. The second kappa shape index (κ2) is 7.15. The van der Waals surface area contributed by atoms with E-state index in [1.165, 1.54) is 26.2 Å². The first-order valence-electron chi connectivity index (χ1n) is 7.65. The number of sulfonamides is 1. The molecule has 0 aliphatic rings. The highest BCUT2D eigenvalue weighted by atomic mass is 32.2. The fourth-order valence-corrected chi connectivity index (χ4v) is 3.12. The second-order valence-corrected chi connectivity index (χ2v) is 8.20. The van der Waals surface area contributed by atoms with Crippen LogP contribution in [0.2, 0.25) is 0 Å². The quantitative estimate of drug-likeness (QED) is 0.903. The summed E-state index contributed by atoms with van der Waals surface area (Å²) in [7, 11) is -0.595. The highest BCUT2D eigenvalue weighted by Gasteiger charge is 2.17. The molecule has 0 aliphatic heterocycles. The second-order valence-electron chi connectivity index (χ2n) is 6.05. The fraction of sp³-hybridized carbons (Fsp3) is 0.278. The van der Waals surface area contributed by atoms with Gasteiger partial charge in [-0.25, -0.2) is 12.7 Å². The molecule has 1 amide bonds. The minimum Gasteiger partial charge on any atom is -0.322 e. The molecular formula is C18H22N2O3S. The number of rotatable bonds is 5. The molecule has 0 fully saturated rings. The third kappa shape index (κ3) is 4.01. The summed E-state index contributed by atoms with van der Waals surface area (Å²) in [6, 6.07) is 13.6. The number of carbonyl (C=O) groups excluding carboxylic acids is 1. The average Bonchev–Trinajstić information content (AvgIpc) is 2.55. The summed E-state index contributed by atoms with van der Waals surface area (Å²) in [4.78, 5) is 12.5. The van der Waals surface area contributed by atoms with Crippen LogP contribution in [-0.2, 0) is 10.0 Å². The van der Waals surface area contributed by atoms with Crippen LogP contribution >= 0.6 is 0 Å². The zero-order valence-electron chi connectivity index (χ0n) is 14.3. The Hall–Kier alpha value is -2.18. The van der Waals surface area contributed by atoms with E-state index in [1.807, 2.05) is 12.1 Å². The van der Waals surface area contributed by atoms with Gasteiger partial charge in [0.2, 0.25) is 10.0 Å². The van der Waals surface area contributed by atoms with Crippen molar-refractivity contribution in [3.05, 3.63) is 59.7 Å². The maximum atomic E-state index is 12.3. The molecule has 5 nitrogen and oxygen atoms in total. The highest BCUT2D eigenvalue weighted by molar-refractivity contribution is 7.89. The van der Waals surface area contributed by atoms with Gasteiger partial charge in [0.1, 0.15) is 0 Å². The molecule has 0 aliphatic carbocycles. The lowest BCUT2D eigenvalue weighted by atomic mass is 10.0. The van der Waals surface area contributed by atoms with Crippen LogP contribution in [0.4, 0.5) is 5.69 Å². The van der Waals surface area contributed by atoms with Crippen molar-refractivity contribution in [1.82, 2.24) is 4.31 Å². The zero-order valence-corrected chi connectivity index (χ0v) is 15.1. The lowest BCUT2D eigenvalue weighted by Crippen LogP contribution is -2.22. The summed E-state index contributed by atoms with van der Waals surface area (Å²) in [6.45, 7) is 4.18. The molecule has 0 saturated heterocycles. The van der Waals surface area contributed by atoms with Crippen LogP contribution in [0.5, 0.6) is 0 Å². The third-order valence-corrected chi connectivity index (χ3v) is 5.52. The van der Waals surface area contributed by atoms with Crippen LogP contribution in [0, 0.1) is 0 Å². The van der Waals surface area contributed by atoms with E-state index in [0.29, 0.717) is 17.2 Å². The summed E-state index contributed by atoms with van der Waals surface area (Å²) < 4.78 is 25.4. The molecule has 6 heteroatoms. The van der Waals surface area contributed by atoms with Crippen molar-refractivity contribution in [3.8, 4) is 0 Å². The topological polar surface area (TPSA) is 66.5 Å². The molecule has 2 aromatic rings. The Kier molecular flexibility index (Phi) is 5.41. The van der Waals surface area contributed by atoms with Crippen LogP contribution in [0.3, 0.4) is 0 Å². The number of hydrogen-bond acceptors (Lipinski definition) is 3. The first-order chi connectivity index (χ1) is 11.2. The summed E-state index contributed by atoms with van der Waals surface area (Å²) >= 11 is 0. The zero-order chi connectivity index (χ0) is 17.9. The van der Waals surface area contributed by atoms with Crippen LogP contribution in [-0.4, -0.2) is 32.7 Å². The van der Waals surface area contributed by atoms with Gasteiger partial charge in [0.25, 0.3) is 5.91 Å².